The van der Waals surface area contributed by atoms with Crippen molar-refractivity contribution in [2.75, 3.05) is 50.8 Å². The molecule has 0 unspecified atom stereocenters. The smallest absolute Gasteiger partial charge is 0.225 e. The van der Waals surface area contributed by atoms with E-state index in [2.05, 4.69) is 23.6 Å². The van der Waals surface area contributed by atoms with Gasteiger partial charge >= 0.3 is 0 Å². The molecule has 2 aliphatic rings. The quantitative estimate of drug-likeness (QED) is 0.823. The van der Waals surface area contributed by atoms with E-state index in [0.717, 1.165) is 44.8 Å². The number of benzene rings is 1. The average molecular weight is 363 g/mol. The Hall–Kier alpha value is -1.66. The minimum Gasteiger partial charge on any atom is -0.375 e. The van der Waals surface area contributed by atoms with Gasteiger partial charge in [-0.15, -0.1) is 0 Å². The van der Waals surface area contributed by atoms with Gasteiger partial charge in [0.15, 0.2) is 0 Å². The first-order valence-electron chi connectivity index (χ1n) is 9.67. The van der Waals surface area contributed by atoms with Crippen LogP contribution in [0.15, 0.2) is 24.3 Å². The normalized spacial score (nSPS) is 22.5. The second kappa shape index (κ2) is 8.82. The zero-order chi connectivity index (χ0) is 18.5. The summed E-state index contributed by atoms with van der Waals surface area (Å²) < 4.78 is 18.9. The molecule has 2 aliphatic heterocycles. The van der Waals surface area contributed by atoms with Gasteiger partial charge in [0.2, 0.25) is 5.91 Å². The van der Waals surface area contributed by atoms with E-state index in [0.29, 0.717) is 25.6 Å². The Bertz CT molecular complexity index is 593. The van der Waals surface area contributed by atoms with Crippen molar-refractivity contribution in [1.29, 1.82) is 0 Å². The summed E-state index contributed by atoms with van der Waals surface area (Å²) in [5, 5.41) is 0. The summed E-state index contributed by atoms with van der Waals surface area (Å²) in [4.78, 5) is 19.3. The minimum absolute atomic E-state index is 0.00453. The highest BCUT2D eigenvalue weighted by Gasteiger charge is 2.27. The van der Waals surface area contributed by atoms with Crippen LogP contribution >= 0.6 is 0 Å². The van der Waals surface area contributed by atoms with E-state index in [1.165, 1.54) is 12.1 Å². The maximum atomic E-state index is 13.1. The molecular formula is C20H30FN3O2. The largest absolute Gasteiger partial charge is 0.375 e. The SMILES string of the molecule is CC(C)N1CCO[C@H](CC(=O)N2CCCN(c3ccc(F)cc3)CC2)C1. The first kappa shape index (κ1) is 19.1. The van der Waals surface area contributed by atoms with Gasteiger partial charge in [0, 0.05) is 51.0 Å². The Labute approximate surface area is 155 Å². The molecule has 2 fully saturated rings. The number of halogens is 1. The van der Waals surface area contributed by atoms with Crippen molar-refractivity contribution in [1.82, 2.24) is 9.80 Å². The highest BCUT2D eigenvalue weighted by molar-refractivity contribution is 5.77. The second-order valence-corrected chi connectivity index (χ2v) is 7.48. The molecule has 0 aromatic heterocycles. The van der Waals surface area contributed by atoms with Crippen LogP contribution in [0, 0.1) is 5.82 Å². The van der Waals surface area contributed by atoms with Gasteiger partial charge in [-0.2, -0.15) is 0 Å². The number of carbonyl (C=O) groups excluding carboxylic acids is 1. The molecule has 0 bridgehead atoms. The zero-order valence-electron chi connectivity index (χ0n) is 15.9. The van der Waals surface area contributed by atoms with Crippen LogP contribution in [0.1, 0.15) is 26.7 Å². The number of amides is 1. The van der Waals surface area contributed by atoms with Crippen molar-refractivity contribution in [3.63, 3.8) is 0 Å². The summed E-state index contributed by atoms with van der Waals surface area (Å²) in [7, 11) is 0. The van der Waals surface area contributed by atoms with Crippen LogP contribution < -0.4 is 4.90 Å². The van der Waals surface area contributed by atoms with Crippen LogP contribution in [0.4, 0.5) is 10.1 Å². The summed E-state index contributed by atoms with van der Waals surface area (Å²) in [6.07, 6.45) is 1.38. The van der Waals surface area contributed by atoms with Gasteiger partial charge in [0.25, 0.3) is 0 Å². The Morgan fingerprint density at radius 3 is 2.65 bits per heavy atom. The lowest BCUT2D eigenvalue weighted by atomic mass is 10.1. The van der Waals surface area contributed by atoms with Gasteiger partial charge in [0.1, 0.15) is 5.82 Å². The molecule has 1 amide bonds. The number of rotatable bonds is 4. The van der Waals surface area contributed by atoms with Gasteiger partial charge in [-0.25, -0.2) is 4.39 Å². The molecule has 5 nitrogen and oxygen atoms in total. The number of ether oxygens (including phenoxy) is 1. The third-order valence-electron chi connectivity index (χ3n) is 5.34. The number of carbonyl (C=O) groups is 1. The molecule has 0 saturated carbocycles. The summed E-state index contributed by atoms with van der Waals surface area (Å²) in [5.41, 5.74) is 1.02. The molecule has 3 rings (SSSR count). The molecule has 26 heavy (non-hydrogen) atoms. The zero-order valence-corrected chi connectivity index (χ0v) is 15.9. The van der Waals surface area contributed by atoms with Crippen LogP contribution in [-0.4, -0.2) is 73.7 Å². The van der Waals surface area contributed by atoms with Gasteiger partial charge in [-0.1, -0.05) is 0 Å². The van der Waals surface area contributed by atoms with Crippen LogP contribution in [0.25, 0.3) is 0 Å². The van der Waals surface area contributed by atoms with Crippen LogP contribution in [0.3, 0.4) is 0 Å². The molecule has 0 spiro atoms. The van der Waals surface area contributed by atoms with Gasteiger partial charge in [-0.05, 0) is 44.5 Å². The molecule has 0 radical (unpaired) electrons. The lowest BCUT2D eigenvalue weighted by Crippen LogP contribution is -2.47. The minimum atomic E-state index is -0.219. The lowest BCUT2D eigenvalue weighted by Gasteiger charge is -2.36. The van der Waals surface area contributed by atoms with E-state index in [9.17, 15) is 9.18 Å². The van der Waals surface area contributed by atoms with Crippen molar-refractivity contribution in [2.24, 2.45) is 0 Å². The summed E-state index contributed by atoms with van der Waals surface area (Å²) in [6, 6.07) is 7.08. The van der Waals surface area contributed by atoms with Crippen molar-refractivity contribution >= 4 is 11.6 Å². The fourth-order valence-electron chi connectivity index (χ4n) is 3.74. The first-order chi connectivity index (χ1) is 12.5. The highest BCUT2D eigenvalue weighted by Crippen LogP contribution is 2.18. The summed E-state index contributed by atoms with van der Waals surface area (Å²) >= 11 is 0. The van der Waals surface area contributed by atoms with E-state index in [4.69, 9.17) is 4.74 Å². The van der Waals surface area contributed by atoms with E-state index in [-0.39, 0.29) is 17.8 Å². The lowest BCUT2D eigenvalue weighted by molar-refractivity contribution is -0.136. The van der Waals surface area contributed by atoms with Gasteiger partial charge in [-0.3, -0.25) is 9.69 Å². The maximum absolute atomic E-state index is 13.1. The van der Waals surface area contributed by atoms with Crippen LogP contribution in [0.2, 0.25) is 0 Å². The third kappa shape index (κ3) is 4.95. The van der Waals surface area contributed by atoms with Crippen molar-refractivity contribution in [2.45, 2.75) is 38.8 Å². The molecule has 2 heterocycles. The third-order valence-corrected chi connectivity index (χ3v) is 5.34. The van der Waals surface area contributed by atoms with Crippen molar-refractivity contribution < 1.29 is 13.9 Å². The van der Waals surface area contributed by atoms with Crippen molar-refractivity contribution in [3.05, 3.63) is 30.1 Å². The molecule has 6 heteroatoms. The fraction of sp³-hybridized carbons (Fsp3) is 0.650. The number of morpholine rings is 1. The standard InChI is InChI=1S/C20H30FN3O2/c1-16(2)24-12-13-26-19(15-24)14-20(25)23-9-3-8-22(10-11-23)18-6-4-17(21)5-7-18/h4-7,16,19H,3,8-15H2,1-2H3/t19-/m1/s1. The second-order valence-electron chi connectivity index (χ2n) is 7.48. The topological polar surface area (TPSA) is 36.0 Å². The predicted octanol–water partition coefficient (Wildman–Crippen LogP) is 2.36. The van der Waals surface area contributed by atoms with Crippen molar-refractivity contribution in [3.8, 4) is 0 Å². The molecule has 1 aromatic rings. The number of hydrogen-bond donors (Lipinski definition) is 0. The molecule has 1 atom stereocenters. The Morgan fingerprint density at radius 2 is 1.92 bits per heavy atom. The van der Waals surface area contributed by atoms with E-state index < -0.39 is 0 Å². The van der Waals surface area contributed by atoms with E-state index in [1.807, 2.05) is 17.0 Å². The Kier molecular flexibility index (Phi) is 6.48. The molecule has 1 aromatic carbocycles. The number of anilines is 1. The van der Waals surface area contributed by atoms with Crippen LogP contribution in [0.5, 0.6) is 0 Å². The highest BCUT2D eigenvalue weighted by atomic mass is 19.1. The van der Waals surface area contributed by atoms with E-state index >= 15 is 0 Å². The molecular weight excluding hydrogens is 333 g/mol. The fourth-order valence-corrected chi connectivity index (χ4v) is 3.74. The van der Waals surface area contributed by atoms with Gasteiger partial charge < -0.3 is 14.5 Å². The summed E-state index contributed by atoms with van der Waals surface area (Å²) in [6.45, 7) is 9.99. The van der Waals surface area contributed by atoms with Crippen LogP contribution in [-0.2, 0) is 9.53 Å². The molecule has 144 valence electrons. The number of hydrogen-bond acceptors (Lipinski definition) is 4. The van der Waals surface area contributed by atoms with Gasteiger partial charge in [0.05, 0.1) is 19.1 Å². The number of nitrogens with zero attached hydrogens (tertiary/aromatic N) is 3. The Balaban J connectivity index is 1.52. The molecule has 0 aliphatic carbocycles. The maximum Gasteiger partial charge on any atom is 0.225 e. The first-order valence-corrected chi connectivity index (χ1v) is 9.67. The Morgan fingerprint density at radius 1 is 1.15 bits per heavy atom. The summed E-state index contributed by atoms with van der Waals surface area (Å²) in [5.74, 6) is -0.0372. The molecule has 2 saturated heterocycles. The molecule has 0 N–H and O–H groups in total. The average Bonchev–Trinajstić information content (AvgIpc) is 2.89. The van der Waals surface area contributed by atoms with E-state index in [1.54, 1.807) is 0 Å². The predicted molar refractivity (Wildman–Crippen MR) is 101 cm³/mol. The monoisotopic (exact) mass is 363 g/mol.